The standard InChI is InChI=1S/C15H14F3N3O3/c1-9-7-12(24-20-9)14(23)21(2)8-13(22)19-11-6-4-3-5-10(11)15(16,17)18/h3-7H,8H2,1-2H3,(H,19,22). The van der Waals surface area contributed by atoms with Crippen molar-refractivity contribution in [2.24, 2.45) is 0 Å². The molecule has 2 aromatic rings. The molecule has 1 heterocycles. The molecule has 0 aliphatic carbocycles. The van der Waals surface area contributed by atoms with Gasteiger partial charge in [0.15, 0.2) is 0 Å². The number of alkyl halides is 3. The average molecular weight is 341 g/mol. The van der Waals surface area contributed by atoms with Crippen molar-refractivity contribution in [3.63, 3.8) is 0 Å². The summed E-state index contributed by atoms with van der Waals surface area (Å²) in [5.74, 6) is -1.42. The highest BCUT2D eigenvalue weighted by Gasteiger charge is 2.33. The Morgan fingerprint density at radius 1 is 1.29 bits per heavy atom. The molecule has 0 atom stereocenters. The van der Waals surface area contributed by atoms with Crippen molar-refractivity contribution < 1.29 is 27.3 Å². The van der Waals surface area contributed by atoms with E-state index in [0.29, 0.717) is 5.69 Å². The molecule has 0 aliphatic rings. The zero-order valence-electron chi connectivity index (χ0n) is 12.8. The third kappa shape index (κ3) is 4.12. The Labute approximate surface area is 135 Å². The number of nitrogens with zero attached hydrogens (tertiary/aromatic N) is 2. The molecule has 0 unspecified atom stereocenters. The first-order valence-corrected chi connectivity index (χ1v) is 6.83. The summed E-state index contributed by atoms with van der Waals surface area (Å²) in [6.07, 6.45) is -4.59. The van der Waals surface area contributed by atoms with Gasteiger partial charge in [-0.3, -0.25) is 9.59 Å². The van der Waals surface area contributed by atoms with Gasteiger partial charge in [0, 0.05) is 13.1 Å². The highest BCUT2D eigenvalue weighted by atomic mass is 19.4. The zero-order chi connectivity index (χ0) is 17.9. The Bertz CT molecular complexity index is 756. The molecular weight excluding hydrogens is 327 g/mol. The summed E-state index contributed by atoms with van der Waals surface area (Å²) in [4.78, 5) is 24.9. The third-order valence-corrected chi connectivity index (χ3v) is 3.07. The molecule has 0 saturated heterocycles. The lowest BCUT2D eigenvalue weighted by Crippen LogP contribution is -2.35. The minimum absolute atomic E-state index is 0.0570. The molecule has 0 bridgehead atoms. The van der Waals surface area contributed by atoms with E-state index in [0.717, 1.165) is 17.0 Å². The lowest BCUT2D eigenvalue weighted by atomic mass is 10.1. The molecule has 2 rings (SSSR count). The maximum absolute atomic E-state index is 12.9. The lowest BCUT2D eigenvalue weighted by molar-refractivity contribution is -0.137. The largest absolute Gasteiger partial charge is 0.418 e. The molecule has 1 N–H and O–H groups in total. The molecule has 24 heavy (non-hydrogen) atoms. The van der Waals surface area contributed by atoms with E-state index >= 15 is 0 Å². The number of amides is 2. The van der Waals surface area contributed by atoms with Crippen molar-refractivity contribution in [2.45, 2.75) is 13.1 Å². The van der Waals surface area contributed by atoms with E-state index in [1.165, 1.54) is 25.2 Å². The highest BCUT2D eigenvalue weighted by molar-refractivity contribution is 5.98. The maximum Gasteiger partial charge on any atom is 0.418 e. The van der Waals surface area contributed by atoms with Gasteiger partial charge in [0.2, 0.25) is 11.7 Å². The van der Waals surface area contributed by atoms with E-state index in [4.69, 9.17) is 4.52 Å². The van der Waals surface area contributed by atoms with Gasteiger partial charge in [-0.2, -0.15) is 13.2 Å². The number of carbonyl (C=O) groups excluding carboxylic acids is 2. The molecule has 1 aromatic carbocycles. The van der Waals surface area contributed by atoms with E-state index in [-0.39, 0.29) is 11.4 Å². The smallest absolute Gasteiger partial charge is 0.351 e. The van der Waals surface area contributed by atoms with Gasteiger partial charge in [-0.05, 0) is 19.1 Å². The number of likely N-dealkylation sites (N-methyl/N-ethyl adjacent to an activating group) is 1. The van der Waals surface area contributed by atoms with Crippen LogP contribution in [-0.4, -0.2) is 35.5 Å². The molecule has 9 heteroatoms. The number of aromatic nitrogens is 1. The predicted molar refractivity (Wildman–Crippen MR) is 78.3 cm³/mol. The second-order valence-corrected chi connectivity index (χ2v) is 5.09. The first-order chi connectivity index (χ1) is 11.2. The third-order valence-electron chi connectivity index (χ3n) is 3.07. The molecule has 0 saturated carbocycles. The lowest BCUT2D eigenvalue weighted by Gasteiger charge is -2.17. The van der Waals surface area contributed by atoms with Crippen LogP contribution in [0.2, 0.25) is 0 Å². The van der Waals surface area contributed by atoms with Crippen molar-refractivity contribution in [3.05, 3.63) is 47.3 Å². The summed E-state index contributed by atoms with van der Waals surface area (Å²) in [5.41, 5.74) is -0.833. The highest BCUT2D eigenvalue weighted by Crippen LogP contribution is 2.34. The molecule has 0 aliphatic heterocycles. The number of para-hydroxylation sites is 1. The van der Waals surface area contributed by atoms with Gasteiger partial charge in [-0.25, -0.2) is 0 Å². The maximum atomic E-state index is 12.9. The van der Waals surface area contributed by atoms with E-state index < -0.39 is 30.1 Å². The van der Waals surface area contributed by atoms with Crippen LogP contribution in [-0.2, 0) is 11.0 Å². The number of anilines is 1. The van der Waals surface area contributed by atoms with Crippen molar-refractivity contribution in [2.75, 3.05) is 18.9 Å². The van der Waals surface area contributed by atoms with Crippen LogP contribution in [0.15, 0.2) is 34.9 Å². The van der Waals surface area contributed by atoms with Gasteiger partial charge in [-0.15, -0.1) is 0 Å². The second kappa shape index (κ2) is 6.73. The fraction of sp³-hybridized carbons (Fsp3) is 0.267. The summed E-state index contributed by atoms with van der Waals surface area (Å²) in [5, 5.41) is 5.72. The van der Waals surface area contributed by atoms with Crippen LogP contribution < -0.4 is 5.32 Å². The van der Waals surface area contributed by atoms with Crippen molar-refractivity contribution in [1.82, 2.24) is 10.1 Å². The number of hydrogen-bond acceptors (Lipinski definition) is 4. The van der Waals surface area contributed by atoms with Crippen LogP contribution in [0.25, 0.3) is 0 Å². The number of aryl methyl sites for hydroxylation is 1. The van der Waals surface area contributed by atoms with E-state index in [1.54, 1.807) is 6.92 Å². The summed E-state index contributed by atoms with van der Waals surface area (Å²) < 4.78 is 43.4. The number of benzene rings is 1. The quantitative estimate of drug-likeness (QED) is 0.928. The van der Waals surface area contributed by atoms with Crippen molar-refractivity contribution in [3.8, 4) is 0 Å². The molecule has 0 radical (unpaired) electrons. The topological polar surface area (TPSA) is 75.4 Å². The zero-order valence-corrected chi connectivity index (χ0v) is 12.8. The van der Waals surface area contributed by atoms with Crippen molar-refractivity contribution in [1.29, 1.82) is 0 Å². The molecule has 6 nitrogen and oxygen atoms in total. The number of halogens is 3. The Morgan fingerprint density at radius 2 is 1.96 bits per heavy atom. The first-order valence-electron chi connectivity index (χ1n) is 6.83. The summed E-state index contributed by atoms with van der Waals surface area (Å²) in [6, 6.07) is 6.00. The minimum atomic E-state index is -4.59. The SMILES string of the molecule is Cc1cc(C(=O)N(C)CC(=O)Nc2ccccc2C(F)(F)F)on1. The van der Waals surface area contributed by atoms with Crippen LogP contribution >= 0.6 is 0 Å². The number of nitrogens with one attached hydrogen (secondary N) is 1. The van der Waals surface area contributed by atoms with Gasteiger partial charge in [0.05, 0.1) is 23.5 Å². The second-order valence-electron chi connectivity index (χ2n) is 5.09. The average Bonchev–Trinajstić information content (AvgIpc) is 2.92. The predicted octanol–water partition coefficient (Wildman–Crippen LogP) is 2.71. The van der Waals surface area contributed by atoms with Crippen LogP contribution in [0.3, 0.4) is 0 Å². The van der Waals surface area contributed by atoms with Gasteiger partial charge in [0.25, 0.3) is 5.91 Å². The molecular formula is C15H14F3N3O3. The fourth-order valence-corrected chi connectivity index (χ4v) is 1.97. The summed E-state index contributed by atoms with van der Waals surface area (Å²) >= 11 is 0. The Balaban J connectivity index is 2.05. The van der Waals surface area contributed by atoms with E-state index in [1.807, 2.05) is 0 Å². The number of carbonyl (C=O) groups is 2. The fourth-order valence-electron chi connectivity index (χ4n) is 1.97. The Kier molecular flexibility index (Phi) is 4.91. The van der Waals surface area contributed by atoms with Crippen LogP contribution in [0.4, 0.5) is 18.9 Å². The Hall–Kier alpha value is -2.84. The molecule has 0 spiro atoms. The minimum Gasteiger partial charge on any atom is -0.351 e. The van der Waals surface area contributed by atoms with E-state index in [2.05, 4.69) is 10.5 Å². The molecule has 1 aromatic heterocycles. The van der Waals surface area contributed by atoms with Gasteiger partial charge in [-0.1, -0.05) is 17.3 Å². The summed E-state index contributed by atoms with van der Waals surface area (Å²) in [6.45, 7) is 1.19. The number of hydrogen-bond donors (Lipinski definition) is 1. The molecule has 2 amide bonds. The molecule has 128 valence electrons. The van der Waals surface area contributed by atoms with Gasteiger partial charge < -0.3 is 14.7 Å². The Morgan fingerprint density at radius 3 is 2.54 bits per heavy atom. The first kappa shape index (κ1) is 17.5. The van der Waals surface area contributed by atoms with Crippen LogP contribution in [0.1, 0.15) is 21.8 Å². The number of rotatable bonds is 4. The summed E-state index contributed by atoms with van der Waals surface area (Å²) in [7, 11) is 1.33. The van der Waals surface area contributed by atoms with Gasteiger partial charge >= 0.3 is 6.18 Å². The van der Waals surface area contributed by atoms with Crippen molar-refractivity contribution >= 4 is 17.5 Å². The molecule has 0 fully saturated rings. The monoisotopic (exact) mass is 341 g/mol. The van der Waals surface area contributed by atoms with Crippen LogP contribution in [0.5, 0.6) is 0 Å². The van der Waals surface area contributed by atoms with E-state index in [9.17, 15) is 22.8 Å². The van der Waals surface area contributed by atoms with Crippen LogP contribution in [0, 0.1) is 6.92 Å². The van der Waals surface area contributed by atoms with Gasteiger partial charge in [0.1, 0.15) is 0 Å². The normalized spacial score (nSPS) is 11.2.